The Labute approximate surface area is 117 Å². The standard InChI is InChI=1S/C15H20F2N2O/c1-15(2,3)19-13(20)7-6-12(18)14(19)9-4-5-10(16)11(17)8-9/h4-5,8,12,14H,6-7,18H2,1-3H3. The maximum Gasteiger partial charge on any atom is 0.223 e. The number of likely N-dealkylation sites (tertiary alicyclic amines) is 1. The third-order valence-corrected chi connectivity index (χ3v) is 3.65. The van der Waals surface area contributed by atoms with Crippen LogP contribution in [0.3, 0.4) is 0 Å². The quantitative estimate of drug-likeness (QED) is 0.861. The van der Waals surface area contributed by atoms with Crippen LogP contribution in [0.2, 0.25) is 0 Å². The molecule has 1 heterocycles. The monoisotopic (exact) mass is 282 g/mol. The molecule has 1 saturated heterocycles. The van der Waals surface area contributed by atoms with Crippen molar-refractivity contribution in [3.05, 3.63) is 35.4 Å². The molecule has 0 bridgehead atoms. The molecular weight excluding hydrogens is 262 g/mol. The molecule has 2 rings (SSSR count). The number of nitrogens with two attached hydrogens (primary N) is 1. The van der Waals surface area contributed by atoms with Gasteiger partial charge in [-0.25, -0.2) is 8.78 Å². The van der Waals surface area contributed by atoms with E-state index >= 15 is 0 Å². The second kappa shape index (κ2) is 5.13. The summed E-state index contributed by atoms with van der Waals surface area (Å²) >= 11 is 0. The fourth-order valence-electron chi connectivity index (χ4n) is 2.80. The molecule has 2 unspecified atom stereocenters. The maximum atomic E-state index is 13.5. The van der Waals surface area contributed by atoms with Crippen LogP contribution in [-0.4, -0.2) is 22.4 Å². The number of rotatable bonds is 1. The minimum atomic E-state index is -0.915. The van der Waals surface area contributed by atoms with Crippen molar-refractivity contribution in [3.63, 3.8) is 0 Å². The van der Waals surface area contributed by atoms with Gasteiger partial charge in [0, 0.05) is 18.0 Å². The molecule has 1 amide bonds. The molecule has 1 aliphatic rings. The van der Waals surface area contributed by atoms with E-state index < -0.39 is 23.2 Å². The zero-order chi connectivity index (χ0) is 15.1. The number of carbonyl (C=O) groups excluding carboxylic acids is 1. The highest BCUT2D eigenvalue weighted by Crippen LogP contribution is 2.36. The molecule has 1 aromatic carbocycles. The summed E-state index contributed by atoms with van der Waals surface area (Å²) in [6.45, 7) is 5.74. The molecule has 2 atom stereocenters. The first-order valence-electron chi connectivity index (χ1n) is 6.74. The highest BCUT2D eigenvalue weighted by atomic mass is 19.2. The van der Waals surface area contributed by atoms with Crippen molar-refractivity contribution in [2.45, 2.75) is 51.2 Å². The fourth-order valence-corrected chi connectivity index (χ4v) is 2.80. The zero-order valence-electron chi connectivity index (χ0n) is 12.0. The second-order valence-corrected chi connectivity index (χ2v) is 6.26. The Hall–Kier alpha value is -1.49. The third-order valence-electron chi connectivity index (χ3n) is 3.65. The number of halogens is 2. The molecule has 0 aromatic heterocycles. The van der Waals surface area contributed by atoms with Crippen LogP contribution >= 0.6 is 0 Å². The van der Waals surface area contributed by atoms with Crippen LogP contribution in [0.4, 0.5) is 8.78 Å². The number of hydrogen-bond donors (Lipinski definition) is 1. The molecule has 0 spiro atoms. The van der Waals surface area contributed by atoms with Gasteiger partial charge in [0.15, 0.2) is 11.6 Å². The SMILES string of the molecule is CC(C)(C)N1C(=O)CCC(N)C1c1ccc(F)c(F)c1. The molecule has 3 nitrogen and oxygen atoms in total. The lowest BCUT2D eigenvalue weighted by atomic mass is 9.86. The largest absolute Gasteiger partial charge is 0.329 e. The van der Waals surface area contributed by atoms with E-state index in [2.05, 4.69) is 0 Å². The van der Waals surface area contributed by atoms with E-state index in [1.807, 2.05) is 20.8 Å². The summed E-state index contributed by atoms with van der Waals surface area (Å²) in [4.78, 5) is 13.9. The van der Waals surface area contributed by atoms with Crippen molar-refractivity contribution in [1.29, 1.82) is 0 Å². The van der Waals surface area contributed by atoms with Gasteiger partial charge >= 0.3 is 0 Å². The number of carbonyl (C=O) groups is 1. The number of benzene rings is 1. The predicted molar refractivity (Wildman–Crippen MR) is 72.9 cm³/mol. The molecule has 1 aromatic rings. The molecular formula is C15H20F2N2O. The number of piperidine rings is 1. The summed E-state index contributed by atoms with van der Waals surface area (Å²) < 4.78 is 26.5. The van der Waals surface area contributed by atoms with Crippen LogP contribution < -0.4 is 5.73 Å². The minimum Gasteiger partial charge on any atom is -0.329 e. The van der Waals surface area contributed by atoms with E-state index in [1.54, 1.807) is 4.90 Å². The van der Waals surface area contributed by atoms with Gasteiger partial charge in [-0.3, -0.25) is 4.79 Å². The normalized spacial score (nSPS) is 24.1. The van der Waals surface area contributed by atoms with Gasteiger partial charge < -0.3 is 10.6 Å². The molecule has 0 aliphatic carbocycles. The van der Waals surface area contributed by atoms with Gasteiger partial charge in [-0.15, -0.1) is 0 Å². The summed E-state index contributed by atoms with van der Waals surface area (Å²) in [7, 11) is 0. The van der Waals surface area contributed by atoms with Crippen molar-refractivity contribution in [3.8, 4) is 0 Å². The lowest BCUT2D eigenvalue weighted by Crippen LogP contribution is -2.56. The Balaban J connectivity index is 2.47. The van der Waals surface area contributed by atoms with E-state index in [0.717, 1.165) is 12.1 Å². The average molecular weight is 282 g/mol. The molecule has 20 heavy (non-hydrogen) atoms. The van der Waals surface area contributed by atoms with E-state index in [0.29, 0.717) is 18.4 Å². The predicted octanol–water partition coefficient (Wildman–Crippen LogP) is 2.75. The molecule has 0 saturated carbocycles. The molecule has 2 N–H and O–H groups in total. The maximum absolute atomic E-state index is 13.5. The van der Waals surface area contributed by atoms with Gasteiger partial charge in [-0.05, 0) is 44.9 Å². The summed E-state index contributed by atoms with van der Waals surface area (Å²) in [5, 5.41) is 0. The summed E-state index contributed by atoms with van der Waals surface area (Å²) in [5.41, 5.74) is 6.25. The van der Waals surface area contributed by atoms with E-state index in [-0.39, 0.29) is 11.9 Å². The number of nitrogens with zero attached hydrogens (tertiary/aromatic N) is 1. The summed E-state index contributed by atoms with van der Waals surface area (Å²) in [5.74, 6) is -1.82. The van der Waals surface area contributed by atoms with Gasteiger partial charge in [0.25, 0.3) is 0 Å². The Morgan fingerprint density at radius 3 is 2.45 bits per heavy atom. The van der Waals surface area contributed by atoms with E-state index in [4.69, 9.17) is 5.73 Å². The lowest BCUT2D eigenvalue weighted by Gasteiger charge is -2.47. The van der Waals surface area contributed by atoms with Crippen molar-refractivity contribution < 1.29 is 13.6 Å². The summed E-state index contributed by atoms with van der Waals surface area (Å²) in [6.07, 6.45) is 0.938. The fraction of sp³-hybridized carbons (Fsp3) is 0.533. The first-order valence-corrected chi connectivity index (χ1v) is 6.74. The van der Waals surface area contributed by atoms with Crippen LogP contribution in [0.15, 0.2) is 18.2 Å². The zero-order valence-corrected chi connectivity index (χ0v) is 12.0. The van der Waals surface area contributed by atoms with Crippen LogP contribution in [-0.2, 0) is 4.79 Å². The Morgan fingerprint density at radius 2 is 1.90 bits per heavy atom. The van der Waals surface area contributed by atoms with Gasteiger partial charge in [0.05, 0.1) is 6.04 Å². The number of amides is 1. The highest BCUT2D eigenvalue weighted by Gasteiger charge is 2.40. The number of hydrogen-bond acceptors (Lipinski definition) is 2. The summed E-state index contributed by atoms with van der Waals surface area (Å²) in [6, 6.07) is 3.01. The van der Waals surface area contributed by atoms with Crippen molar-refractivity contribution in [2.75, 3.05) is 0 Å². The first kappa shape index (κ1) is 14.9. The van der Waals surface area contributed by atoms with Gasteiger partial charge in [0.1, 0.15) is 0 Å². The van der Waals surface area contributed by atoms with Crippen molar-refractivity contribution in [1.82, 2.24) is 4.90 Å². The molecule has 1 aliphatic heterocycles. The van der Waals surface area contributed by atoms with Crippen LogP contribution in [0.5, 0.6) is 0 Å². The van der Waals surface area contributed by atoms with E-state index in [9.17, 15) is 13.6 Å². The topological polar surface area (TPSA) is 46.3 Å². The highest BCUT2D eigenvalue weighted by molar-refractivity contribution is 5.78. The molecule has 1 fully saturated rings. The van der Waals surface area contributed by atoms with Gasteiger partial charge in [-0.2, -0.15) is 0 Å². The minimum absolute atomic E-state index is 0.00562. The second-order valence-electron chi connectivity index (χ2n) is 6.26. The van der Waals surface area contributed by atoms with Gasteiger partial charge in [-0.1, -0.05) is 6.07 Å². The Kier molecular flexibility index (Phi) is 3.82. The lowest BCUT2D eigenvalue weighted by molar-refractivity contribution is -0.144. The Morgan fingerprint density at radius 1 is 1.25 bits per heavy atom. The third kappa shape index (κ3) is 2.68. The first-order chi connectivity index (χ1) is 9.21. The molecule has 5 heteroatoms. The average Bonchev–Trinajstić information content (AvgIpc) is 2.34. The molecule has 110 valence electrons. The smallest absolute Gasteiger partial charge is 0.223 e. The van der Waals surface area contributed by atoms with Crippen LogP contribution in [0, 0.1) is 11.6 Å². The van der Waals surface area contributed by atoms with Crippen LogP contribution in [0.1, 0.15) is 45.2 Å². The van der Waals surface area contributed by atoms with Crippen LogP contribution in [0.25, 0.3) is 0 Å². The molecule has 0 radical (unpaired) electrons. The van der Waals surface area contributed by atoms with E-state index in [1.165, 1.54) is 6.07 Å². The van der Waals surface area contributed by atoms with Crippen molar-refractivity contribution in [2.24, 2.45) is 5.73 Å². The van der Waals surface area contributed by atoms with Crippen molar-refractivity contribution >= 4 is 5.91 Å². The Bertz CT molecular complexity index is 525. The van der Waals surface area contributed by atoms with Gasteiger partial charge in [0.2, 0.25) is 5.91 Å².